The Hall–Kier alpha value is -1.26. The molecule has 1 aliphatic rings. The van der Waals surface area contributed by atoms with Gasteiger partial charge < -0.3 is 4.90 Å². The van der Waals surface area contributed by atoms with Crippen molar-refractivity contribution in [2.75, 3.05) is 33.7 Å². The second-order valence-electron chi connectivity index (χ2n) is 5.11. The lowest BCUT2D eigenvalue weighted by Crippen LogP contribution is -2.53. The van der Waals surface area contributed by atoms with E-state index in [0.717, 1.165) is 18.7 Å². The molecule has 0 radical (unpaired) electrons. The number of carbonyl (C=O) groups is 1. The molecule has 1 fully saturated rings. The summed E-state index contributed by atoms with van der Waals surface area (Å²) in [5.41, 5.74) is 1.12. The molecule has 0 N–H and O–H groups in total. The first-order chi connectivity index (χ1) is 8.49. The molecule has 1 heterocycles. The molecule has 1 atom stereocenters. The van der Waals surface area contributed by atoms with Gasteiger partial charge in [0, 0.05) is 19.6 Å². The Morgan fingerprint density at radius 3 is 2.78 bits per heavy atom. The van der Waals surface area contributed by atoms with Crippen molar-refractivity contribution in [3.63, 3.8) is 0 Å². The van der Waals surface area contributed by atoms with Gasteiger partial charge in [-0.1, -0.05) is 11.6 Å². The Balaban J connectivity index is 2.27. The Morgan fingerprint density at radius 1 is 1.33 bits per heavy atom. The quantitative estimate of drug-likeness (QED) is 0.744. The van der Waals surface area contributed by atoms with Gasteiger partial charge >= 0.3 is 0 Å². The average molecular weight is 250 g/mol. The van der Waals surface area contributed by atoms with E-state index in [-0.39, 0.29) is 17.4 Å². The summed E-state index contributed by atoms with van der Waals surface area (Å²) in [5.74, 6) is -0.544. The fourth-order valence-electron chi connectivity index (χ4n) is 2.30. The van der Waals surface area contributed by atoms with E-state index in [9.17, 15) is 9.18 Å². The number of carbonyl (C=O) groups excluding carboxylic acids is 1. The summed E-state index contributed by atoms with van der Waals surface area (Å²) in [6.07, 6.45) is 0. The minimum absolute atomic E-state index is 0.120. The van der Waals surface area contributed by atoms with E-state index in [1.54, 1.807) is 12.1 Å². The molecule has 0 aliphatic carbocycles. The van der Waals surface area contributed by atoms with Crippen molar-refractivity contribution in [1.29, 1.82) is 0 Å². The monoisotopic (exact) mass is 250 g/mol. The van der Waals surface area contributed by atoms with Gasteiger partial charge in [-0.3, -0.25) is 9.69 Å². The van der Waals surface area contributed by atoms with Crippen molar-refractivity contribution in [2.45, 2.75) is 13.0 Å². The molecule has 1 aliphatic heterocycles. The Kier molecular flexibility index (Phi) is 3.78. The van der Waals surface area contributed by atoms with Gasteiger partial charge in [-0.25, -0.2) is 4.39 Å². The van der Waals surface area contributed by atoms with E-state index in [1.165, 1.54) is 6.07 Å². The summed E-state index contributed by atoms with van der Waals surface area (Å²) >= 11 is 0. The average Bonchev–Trinajstić information content (AvgIpc) is 2.34. The Morgan fingerprint density at radius 2 is 2.06 bits per heavy atom. The van der Waals surface area contributed by atoms with Crippen LogP contribution in [0.2, 0.25) is 0 Å². The first kappa shape index (κ1) is 13.2. The van der Waals surface area contributed by atoms with Crippen LogP contribution in [0.25, 0.3) is 0 Å². The van der Waals surface area contributed by atoms with E-state index in [4.69, 9.17) is 0 Å². The van der Waals surface area contributed by atoms with Gasteiger partial charge in [0.2, 0.25) is 0 Å². The number of ketones is 1. The van der Waals surface area contributed by atoms with E-state index >= 15 is 0 Å². The number of benzene rings is 1. The van der Waals surface area contributed by atoms with Gasteiger partial charge in [0.15, 0.2) is 5.78 Å². The molecule has 1 aromatic carbocycles. The molecule has 3 nitrogen and oxygen atoms in total. The molecule has 1 aromatic rings. The van der Waals surface area contributed by atoms with Gasteiger partial charge in [-0.05, 0) is 33.2 Å². The molecular weight excluding hydrogens is 231 g/mol. The topological polar surface area (TPSA) is 23.6 Å². The van der Waals surface area contributed by atoms with E-state index in [0.29, 0.717) is 6.54 Å². The van der Waals surface area contributed by atoms with E-state index in [1.807, 2.05) is 25.9 Å². The van der Waals surface area contributed by atoms with Crippen LogP contribution < -0.4 is 0 Å². The first-order valence-electron chi connectivity index (χ1n) is 6.18. The van der Waals surface area contributed by atoms with E-state index in [2.05, 4.69) is 4.90 Å². The highest BCUT2D eigenvalue weighted by molar-refractivity contribution is 6.00. The predicted octanol–water partition coefficient (Wildman–Crippen LogP) is 1.56. The van der Waals surface area contributed by atoms with Crippen LogP contribution in [0.4, 0.5) is 4.39 Å². The summed E-state index contributed by atoms with van der Waals surface area (Å²) in [7, 11) is 3.91. The maximum Gasteiger partial charge on any atom is 0.184 e. The van der Waals surface area contributed by atoms with Gasteiger partial charge in [0.1, 0.15) is 5.82 Å². The van der Waals surface area contributed by atoms with Gasteiger partial charge in [0.05, 0.1) is 11.6 Å². The van der Waals surface area contributed by atoms with Crippen molar-refractivity contribution in [1.82, 2.24) is 9.80 Å². The highest BCUT2D eigenvalue weighted by Crippen LogP contribution is 2.17. The summed E-state index contributed by atoms with van der Waals surface area (Å²) in [4.78, 5) is 16.5. The normalized spacial score (nSPS) is 22.1. The Labute approximate surface area is 107 Å². The van der Waals surface area contributed by atoms with E-state index < -0.39 is 5.82 Å². The number of piperazine rings is 1. The molecule has 1 saturated heterocycles. The first-order valence-corrected chi connectivity index (χ1v) is 6.18. The fourth-order valence-corrected chi connectivity index (χ4v) is 2.30. The van der Waals surface area contributed by atoms with Crippen LogP contribution in [-0.2, 0) is 0 Å². The number of nitrogens with zero attached hydrogens (tertiary/aromatic N) is 2. The Bertz CT molecular complexity index is 461. The molecule has 0 spiro atoms. The molecular formula is C14H19FN2O. The summed E-state index contributed by atoms with van der Waals surface area (Å²) in [6, 6.07) is 4.44. The van der Waals surface area contributed by atoms with Crippen molar-refractivity contribution >= 4 is 5.78 Å². The smallest absolute Gasteiger partial charge is 0.184 e. The van der Waals surface area contributed by atoms with Crippen LogP contribution >= 0.6 is 0 Å². The predicted molar refractivity (Wildman–Crippen MR) is 69.4 cm³/mol. The molecule has 2 rings (SSSR count). The molecule has 0 amide bonds. The third kappa shape index (κ3) is 2.60. The summed E-state index contributed by atoms with van der Waals surface area (Å²) in [5, 5.41) is 0. The molecule has 4 heteroatoms. The van der Waals surface area contributed by atoms with Gasteiger partial charge in [-0.15, -0.1) is 0 Å². The zero-order valence-electron chi connectivity index (χ0n) is 11.1. The SMILES string of the molecule is Cc1ccc(F)c(C(=O)C2CN(C)CCN2C)c1. The lowest BCUT2D eigenvalue weighted by molar-refractivity contribution is 0.0682. The maximum absolute atomic E-state index is 13.7. The zero-order chi connectivity index (χ0) is 13.3. The zero-order valence-corrected chi connectivity index (χ0v) is 11.1. The molecule has 18 heavy (non-hydrogen) atoms. The molecule has 1 unspecified atom stereocenters. The lowest BCUT2D eigenvalue weighted by atomic mass is 9.99. The molecule has 0 aromatic heterocycles. The highest BCUT2D eigenvalue weighted by Gasteiger charge is 2.30. The van der Waals surface area contributed by atoms with Crippen LogP contribution in [0.1, 0.15) is 15.9 Å². The third-order valence-electron chi connectivity index (χ3n) is 3.54. The maximum atomic E-state index is 13.7. The number of Topliss-reactive ketones (excluding diaryl/α,β-unsaturated/α-hetero) is 1. The number of halogens is 1. The number of rotatable bonds is 2. The largest absolute Gasteiger partial charge is 0.303 e. The fraction of sp³-hybridized carbons (Fsp3) is 0.500. The second-order valence-corrected chi connectivity index (χ2v) is 5.11. The minimum Gasteiger partial charge on any atom is -0.303 e. The summed E-state index contributed by atoms with van der Waals surface area (Å²) < 4.78 is 13.7. The molecule has 98 valence electrons. The lowest BCUT2D eigenvalue weighted by Gasteiger charge is -2.36. The van der Waals surface area contributed by atoms with Crippen molar-refractivity contribution < 1.29 is 9.18 Å². The number of aryl methyl sites for hydroxylation is 1. The number of hydrogen-bond acceptors (Lipinski definition) is 3. The van der Waals surface area contributed by atoms with Crippen molar-refractivity contribution in [3.8, 4) is 0 Å². The van der Waals surface area contributed by atoms with Crippen LogP contribution in [0, 0.1) is 12.7 Å². The highest BCUT2D eigenvalue weighted by atomic mass is 19.1. The van der Waals surface area contributed by atoms with Crippen LogP contribution in [-0.4, -0.2) is 55.4 Å². The number of likely N-dealkylation sites (N-methyl/N-ethyl adjacent to an activating group) is 2. The van der Waals surface area contributed by atoms with Crippen molar-refractivity contribution in [3.05, 3.63) is 35.1 Å². The van der Waals surface area contributed by atoms with Crippen LogP contribution in [0.15, 0.2) is 18.2 Å². The van der Waals surface area contributed by atoms with Gasteiger partial charge in [-0.2, -0.15) is 0 Å². The summed E-state index contributed by atoms with van der Waals surface area (Å²) in [6.45, 7) is 4.30. The van der Waals surface area contributed by atoms with Crippen LogP contribution in [0.5, 0.6) is 0 Å². The minimum atomic E-state index is -0.424. The molecule has 0 bridgehead atoms. The number of hydrogen-bond donors (Lipinski definition) is 0. The second kappa shape index (κ2) is 5.16. The van der Waals surface area contributed by atoms with Gasteiger partial charge in [0.25, 0.3) is 0 Å². The standard InChI is InChI=1S/C14H19FN2O/c1-10-4-5-12(15)11(8-10)14(18)13-9-16(2)6-7-17(13)3/h4-5,8,13H,6-7,9H2,1-3H3. The van der Waals surface area contributed by atoms with Crippen molar-refractivity contribution in [2.24, 2.45) is 0 Å². The molecule has 0 saturated carbocycles. The van der Waals surface area contributed by atoms with Crippen LogP contribution in [0.3, 0.4) is 0 Å². The third-order valence-corrected chi connectivity index (χ3v) is 3.54.